The summed E-state index contributed by atoms with van der Waals surface area (Å²) >= 11 is 0. The molecule has 2 fully saturated rings. The van der Waals surface area contributed by atoms with Crippen molar-refractivity contribution in [3.05, 3.63) is 48.2 Å². The molecule has 0 bridgehead atoms. The van der Waals surface area contributed by atoms with Gasteiger partial charge in [-0.2, -0.15) is 5.26 Å². The molecule has 1 amide bonds. The molecule has 0 aliphatic carbocycles. The molecule has 4 rings (SSSR count). The summed E-state index contributed by atoms with van der Waals surface area (Å²) in [5.74, 6) is 0.549. The van der Waals surface area contributed by atoms with Crippen molar-refractivity contribution in [2.24, 2.45) is 11.3 Å². The van der Waals surface area contributed by atoms with E-state index in [1.54, 1.807) is 23.2 Å². The van der Waals surface area contributed by atoms with Gasteiger partial charge < -0.3 is 14.4 Å². The molecule has 2 aliphatic rings. The SMILES string of the molecule is N#Cc1ccc(OC[C@]23COC[C@H]2CN(C(=O)c2cnccn2)C3)nc1. The Balaban J connectivity index is 1.46. The summed E-state index contributed by atoms with van der Waals surface area (Å²) in [6.45, 7) is 2.70. The van der Waals surface area contributed by atoms with Crippen molar-refractivity contribution in [2.45, 2.75) is 0 Å². The molecule has 4 heterocycles. The molecule has 26 heavy (non-hydrogen) atoms. The van der Waals surface area contributed by atoms with Crippen molar-refractivity contribution >= 4 is 5.91 Å². The molecule has 0 unspecified atom stereocenters. The molecule has 2 aliphatic heterocycles. The second-order valence-corrected chi connectivity index (χ2v) is 6.64. The first-order valence-electron chi connectivity index (χ1n) is 8.32. The Morgan fingerprint density at radius 2 is 2.31 bits per heavy atom. The van der Waals surface area contributed by atoms with E-state index in [1.165, 1.54) is 18.6 Å². The van der Waals surface area contributed by atoms with E-state index in [0.29, 0.717) is 50.0 Å². The molecular formula is C18H17N5O3. The van der Waals surface area contributed by atoms with Gasteiger partial charge in [0, 0.05) is 43.7 Å². The third kappa shape index (κ3) is 2.97. The fourth-order valence-corrected chi connectivity index (χ4v) is 3.51. The third-order valence-corrected chi connectivity index (χ3v) is 4.96. The van der Waals surface area contributed by atoms with Crippen molar-refractivity contribution in [2.75, 3.05) is 32.9 Å². The Morgan fingerprint density at radius 3 is 3.04 bits per heavy atom. The van der Waals surface area contributed by atoms with Crippen LogP contribution in [-0.2, 0) is 4.74 Å². The first-order valence-corrected chi connectivity index (χ1v) is 8.32. The molecule has 0 radical (unpaired) electrons. The number of likely N-dealkylation sites (tertiary alicyclic amines) is 1. The molecule has 8 nitrogen and oxygen atoms in total. The smallest absolute Gasteiger partial charge is 0.274 e. The van der Waals surface area contributed by atoms with Crippen LogP contribution in [0.5, 0.6) is 5.88 Å². The Labute approximate surface area is 150 Å². The van der Waals surface area contributed by atoms with Crippen LogP contribution in [0.2, 0.25) is 0 Å². The van der Waals surface area contributed by atoms with E-state index in [2.05, 4.69) is 15.0 Å². The number of ether oxygens (including phenoxy) is 2. The predicted molar refractivity (Wildman–Crippen MR) is 89.1 cm³/mol. The topological polar surface area (TPSA) is 101 Å². The average molecular weight is 351 g/mol. The van der Waals surface area contributed by atoms with E-state index in [9.17, 15) is 4.79 Å². The number of amides is 1. The summed E-state index contributed by atoms with van der Waals surface area (Å²) in [5.41, 5.74) is 0.574. The van der Waals surface area contributed by atoms with Crippen LogP contribution >= 0.6 is 0 Å². The summed E-state index contributed by atoms with van der Waals surface area (Å²) < 4.78 is 11.5. The molecule has 8 heteroatoms. The molecule has 0 spiro atoms. The van der Waals surface area contributed by atoms with Crippen LogP contribution < -0.4 is 4.74 Å². The molecule has 2 atom stereocenters. The lowest BCUT2D eigenvalue weighted by Crippen LogP contribution is -2.38. The zero-order valence-electron chi connectivity index (χ0n) is 14.0. The minimum absolute atomic E-state index is 0.122. The van der Waals surface area contributed by atoms with E-state index in [-0.39, 0.29) is 17.2 Å². The highest BCUT2D eigenvalue weighted by Gasteiger charge is 2.52. The molecule has 2 aromatic rings. The number of hydrogen-bond acceptors (Lipinski definition) is 7. The number of hydrogen-bond donors (Lipinski definition) is 0. The van der Waals surface area contributed by atoms with E-state index >= 15 is 0 Å². The lowest BCUT2D eigenvalue weighted by Gasteiger charge is -2.26. The van der Waals surface area contributed by atoms with Crippen LogP contribution in [0.25, 0.3) is 0 Å². The summed E-state index contributed by atoms with van der Waals surface area (Å²) in [5, 5.41) is 8.83. The number of rotatable bonds is 4. The maximum absolute atomic E-state index is 12.7. The first kappa shape index (κ1) is 16.4. The number of carbonyl (C=O) groups excluding carboxylic acids is 1. The standard InChI is InChI=1S/C18H17N5O3/c19-5-13-1-2-16(22-6-13)26-12-18-10-23(8-14(18)9-25-11-18)17(24)15-7-20-3-4-21-15/h1-4,6-7,14H,8-12H2/t14-,18+/m1/s1. The van der Waals surface area contributed by atoms with Gasteiger partial charge in [-0.25, -0.2) is 9.97 Å². The van der Waals surface area contributed by atoms with Gasteiger partial charge in [0.1, 0.15) is 11.8 Å². The highest BCUT2D eigenvalue weighted by Crippen LogP contribution is 2.42. The van der Waals surface area contributed by atoms with Gasteiger partial charge in [0.25, 0.3) is 5.91 Å². The quantitative estimate of drug-likeness (QED) is 0.807. The number of nitriles is 1. The van der Waals surface area contributed by atoms with E-state index in [1.807, 2.05) is 6.07 Å². The van der Waals surface area contributed by atoms with Gasteiger partial charge in [0.2, 0.25) is 5.88 Å². The molecule has 132 valence electrons. The van der Waals surface area contributed by atoms with Gasteiger partial charge in [-0.15, -0.1) is 0 Å². The van der Waals surface area contributed by atoms with Crippen molar-refractivity contribution in [3.63, 3.8) is 0 Å². The highest BCUT2D eigenvalue weighted by atomic mass is 16.5. The summed E-state index contributed by atoms with van der Waals surface area (Å²) in [7, 11) is 0. The highest BCUT2D eigenvalue weighted by molar-refractivity contribution is 5.92. The maximum atomic E-state index is 12.7. The van der Waals surface area contributed by atoms with Gasteiger partial charge in [0.05, 0.1) is 37.0 Å². The molecule has 2 aromatic heterocycles. The summed E-state index contributed by atoms with van der Waals surface area (Å²) in [6.07, 6.45) is 6.02. The van der Waals surface area contributed by atoms with Crippen LogP contribution in [0.4, 0.5) is 0 Å². The molecule has 0 N–H and O–H groups in total. The minimum Gasteiger partial charge on any atom is -0.477 e. The number of nitrogens with zero attached hydrogens (tertiary/aromatic N) is 5. The molecule has 0 saturated carbocycles. The maximum Gasteiger partial charge on any atom is 0.274 e. The van der Waals surface area contributed by atoms with Gasteiger partial charge in [0.15, 0.2) is 0 Å². The fraction of sp³-hybridized carbons (Fsp3) is 0.389. The predicted octanol–water partition coefficient (Wildman–Crippen LogP) is 0.911. The molecule has 2 saturated heterocycles. The summed E-state index contributed by atoms with van der Waals surface area (Å²) in [6, 6.07) is 5.37. The van der Waals surface area contributed by atoms with Gasteiger partial charge in [-0.3, -0.25) is 9.78 Å². The second kappa shape index (κ2) is 6.69. The van der Waals surface area contributed by atoms with Crippen LogP contribution in [0.1, 0.15) is 16.1 Å². The normalized spacial score (nSPS) is 24.1. The third-order valence-electron chi connectivity index (χ3n) is 4.96. The monoisotopic (exact) mass is 351 g/mol. The number of pyridine rings is 1. The zero-order valence-corrected chi connectivity index (χ0v) is 14.0. The molecule has 0 aromatic carbocycles. The number of fused-ring (bicyclic) bond motifs is 1. The first-order chi connectivity index (χ1) is 12.7. The van der Waals surface area contributed by atoms with E-state index in [4.69, 9.17) is 14.7 Å². The molecular weight excluding hydrogens is 334 g/mol. The van der Waals surface area contributed by atoms with Crippen LogP contribution in [0, 0.1) is 22.7 Å². The Morgan fingerprint density at radius 1 is 1.38 bits per heavy atom. The fourth-order valence-electron chi connectivity index (χ4n) is 3.51. The van der Waals surface area contributed by atoms with Crippen molar-refractivity contribution in [1.29, 1.82) is 5.26 Å². The lowest BCUT2D eigenvalue weighted by atomic mass is 9.82. The number of carbonyl (C=O) groups is 1. The number of aromatic nitrogens is 3. The minimum atomic E-state index is -0.256. The second-order valence-electron chi connectivity index (χ2n) is 6.64. The van der Waals surface area contributed by atoms with Crippen LogP contribution in [0.15, 0.2) is 36.9 Å². The summed E-state index contributed by atoms with van der Waals surface area (Å²) in [4.78, 5) is 26.7. The van der Waals surface area contributed by atoms with E-state index in [0.717, 1.165) is 0 Å². The zero-order chi connectivity index (χ0) is 18.0. The van der Waals surface area contributed by atoms with Gasteiger partial charge in [-0.05, 0) is 6.07 Å². The lowest BCUT2D eigenvalue weighted by molar-refractivity contribution is 0.0650. The van der Waals surface area contributed by atoms with Crippen molar-refractivity contribution in [3.8, 4) is 11.9 Å². The Hall–Kier alpha value is -3.05. The Bertz CT molecular complexity index is 836. The van der Waals surface area contributed by atoms with Gasteiger partial charge in [-0.1, -0.05) is 0 Å². The average Bonchev–Trinajstić information content (AvgIpc) is 3.24. The Kier molecular flexibility index (Phi) is 4.22. The largest absolute Gasteiger partial charge is 0.477 e. The van der Waals surface area contributed by atoms with E-state index < -0.39 is 0 Å². The van der Waals surface area contributed by atoms with Crippen molar-refractivity contribution < 1.29 is 14.3 Å². The van der Waals surface area contributed by atoms with Gasteiger partial charge >= 0.3 is 0 Å². The van der Waals surface area contributed by atoms with Crippen LogP contribution in [-0.4, -0.2) is 58.7 Å². The van der Waals surface area contributed by atoms with Crippen molar-refractivity contribution in [1.82, 2.24) is 19.9 Å². The van der Waals surface area contributed by atoms with Crippen LogP contribution in [0.3, 0.4) is 0 Å².